The van der Waals surface area contributed by atoms with Crippen molar-refractivity contribution in [3.63, 3.8) is 0 Å². The predicted octanol–water partition coefficient (Wildman–Crippen LogP) is 2.09. The van der Waals surface area contributed by atoms with Crippen LogP contribution in [0.5, 0.6) is 5.75 Å². The number of hydrogen-bond acceptors (Lipinski definition) is 5. The number of ether oxygens (including phenoxy) is 2. The summed E-state index contributed by atoms with van der Waals surface area (Å²) in [5.41, 5.74) is -0.0274. The van der Waals surface area contributed by atoms with Gasteiger partial charge >= 0.3 is 12.1 Å². The monoisotopic (exact) mass is 308 g/mol. The summed E-state index contributed by atoms with van der Waals surface area (Å²) in [6, 6.07) is 2.98. The van der Waals surface area contributed by atoms with Crippen LogP contribution in [0.3, 0.4) is 0 Å². The fraction of sp³-hybridized carbons (Fsp3) is 0.533. The van der Waals surface area contributed by atoms with Crippen molar-refractivity contribution < 1.29 is 24.2 Å². The summed E-state index contributed by atoms with van der Waals surface area (Å²) < 4.78 is 11.0. The minimum Gasteiger partial charge on any atom is -0.485 e. The molecule has 0 spiro atoms. The molecule has 0 saturated carbocycles. The van der Waals surface area contributed by atoms with E-state index in [-0.39, 0.29) is 17.9 Å². The Kier molecular flexibility index (Phi) is 4.25. The zero-order chi connectivity index (χ0) is 16.5. The number of hydrogen-bond donors (Lipinski definition) is 1. The summed E-state index contributed by atoms with van der Waals surface area (Å²) >= 11 is 0. The molecule has 1 amide bonds. The normalized spacial score (nSPS) is 15.2. The highest BCUT2D eigenvalue weighted by molar-refractivity contribution is 5.85. The zero-order valence-corrected chi connectivity index (χ0v) is 13.1. The fourth-order valence-electron chi connectivity index (χ4n) is 1.96. The zero-order valence-electron chi connectivity index (χ0n) is 13.1. The first-order valence-electron chi connectivity index (χ1n) is 7.01. The number of likely N-dealkylation sites (tertiary alicyclic amines) is 1. The first-order valence-corrected chi connectivity index (χ1v) is 7.01. The van der Waals surface area contributed by atoms with E-state index in [0.717, 1.165) is 0 Å². The highest BCUT2D eigenvalue weighted by Gasteiger charge is 2.35. The molecule has 7 nitrogen and oxygen atoms in total. The van der Waals surface area contributed by atoms with Crippen LogP contribution in [0.2, 0.25) is 0 Å². The van der Waals surface area contributed by atoms with Gasteiger partial charge in [0.25, 0.3) is 0 Å². The van der Waals surface area contributed by atoms with E-state index in [1.165, 1.54) is 6.07 Å². The highest BCUT2D eigenvalue weighted by Crippen LogP contribution is 2.22. The van der Waals surface area contributed by atoms with E-state index in [0.29, 0.717) is 24.5 Å². The minimum absolute atomic E-state index is 0.0196. The molecule has 0 unspecified atom stereocenters. The molecular formula is C15H20N2O5. The van der Waals surface area contributed by atoms with Crippen LogP contribution in [0.25, 0.3) is 0 Å². The number of nitrogens with zero attached hydrogens (tertiary/aromatic N) is 2. The first kappa shape index (κ1) is 16.1. The Morgan fingerprint density at radius 1 is 1.32 bits per heavy atom. The van der Waals surface area contributed by atoms with E-state index in [2.05, 4.69) is 4.98 Å². The highest BCUT2D eigenvalue weighted by atomic mass is 16.6. The Bertz CT molecular complexity index is 588. The van der Waals surface area contributed by atoms with Crippen molar-refractivity contribution in [3.05, 3.63) is 23.5 Å². The molecule has 1 aromatic heterocycles. The van der Waals surface area contributed by atoms with Crippen molar-refractivity contribution in [1.82, 2.24) is 9.88 Å². The molecule has 1 saturated heterocycles. The summed E-state index contributed by atoms with van der Waals surface area (Å²) in [4.78, 5) is 28.1. The van der Waals surface area contributed by atoms with Gasteiger partial charge in [0.2, 0.25) is 0 Å². The van der Waals surface area contributed by atoms with Crippen molar-refractivity contribution >= 4 is 12.1 Å². The van der Waals surface area contributed by atoms with E-state index >= 15 is 0 Å². The predicted molar refractivity (Wildman–Crippen MR) is 78.2 cm³/mol. The number of carbonyl (C=O) groups is 2. The van der Waals surface area contributed by atoms with Crippen molar-refractivity contribution in [2.45, 2.75) is 39.4 Å². The van der Waals surface area contributed by atoms with Crippen LogP contribution in [0.15, 0.2) is 12.1 Å². The molecule has 0 atom stereocenters. The number of amides is 1. The fourth-order valence-corrected chi connectivity index (χ4v) is 1.96. The third-order valence-corrected chi connectivity index (χ3v) is 3.05. The Hall–Kier alpha value is -2.31. The van der Waals surface area contributed by atoms with Crippen molar-refractivity contribution in [3.8, 4) is 5.75 Å². The first-order chi connectivity index (χ1) is 10.2. The maximum Gasteiger partial charge on any atom is 0.410 e. The number of carbonyl (C=O) groups excluding carboxylic acids is 1. The number of pyridine rings is 1. The van der Waals surface area contributed by atoms with Gasteiger partial charge in [0.1, 0.15) is 23.1 Å². The molecule has 2 heterocycles. The summed E-state index contributed by atoms with van der Waals surface area (Å²) in [7, 11) is 0. The van der Waals surface area contributed by atoms with Gasteiger partial charge in [0.05, 0.1) is 18.8 Å². The number of rotatable bonds is 3. The number of aromatic carboxylic acids is 1. The topological polar surface area (TPSA) is 89.0 Å². The third kappa shape index (κ3) is 3.87. The van der Waals surface area contributed by atoms with Gasteiger partial charge in [0.15, 0.2) is 0 Å². The lowest BCUT2D eigenvalue weighted by molar-refractivity contribution is -0.0223. The van der Waals surface area contributed by atoms with Gasteiger partial charge in [-0.3, -0.25) is 0 Å². The van der Waals surface area contributed by atoms with Gasteiger partial charge in [-0.25, -0.2) is 14.6 Å². The van der Waals surface area contributed by atoms with Crippen LogP contribution < -0.4 is 4.74 Å². The van der Waals surface area contributed by atoms with E-state index in [9.17, 15) is 9.59 Å². The quantitative estimate of drug-likeness (QED) is 0.919. The molecule has 0 bridgehead atoms. The molecule has 0 aromatic carbocycles. The molecule has 1 aromatic rings. The molecule has 0 aliphatic carbocycles. The van der Waals surface area contributed by atoms with Gasteiger partial charge in [0, 0.05) is 0 Å². The molecule has 1 aliphatic rings. The second kappa shape index (κ2) is 5.82. The molecule has 7 heteroatoms. The molecule has 120 valence electrons. The Labute approximate surface area is 128 Å². The van der Waals surface area contributed by atoms with E-state index in [4.69, 9.17) is 14.6 Å². The Balaban J connectivity index is 1.88. The van der Waals surface area contributed by atoms with Crippen molar-refractivity contribution in [2.75, 3.05) is 13.1 Å². The van der Waals surface area contributed by atoms with Crippen molar-refractivity contribution in [2.24, 2.45) is 0 Å². The number of aryl methyl sites for hydroxylation is 1. The largest absolute Gasteiger partial charge is 0.485 e. The standard InChI is InChI=1S/C15H20N2O5/c1-9-12(6-5-11(16-9)13(18)19)21-10-7-17(8-10)14(20)22-15(2,3)4/h5-6,10H,7-8H2,1-4H3,(H,18,19). The Morgan fingerprint density at radius 2 is 1.95 bits per heavy atom. The molecule has 1 N–H and O–H groups in total. The van der Waals surface area contributed by atoms with Crippen LogP contribution in [0.1, 0.15) is 37.0 Å². The lowest BCUT2D eigenvalue weighted by Crippen LogP contribution is -2.57. The van der Waals surface area contributed by atoms with Crippen molar-refractivity contribution in [1.29, 1.82) is 0 Å². The molecule has 1 aliphatic heterocycles. The lowest BCUT2D eigenvalue weighted by atomic mass is 10.1. The van der Waals surface area contributed by atoms with Crippen LogP contribution in [-0.4, -0.2) is 51.8 Å². The summed E-state index contributed by atoms with van der Waals surface area (Å²) in [5.74, 6) is -0.548. The molecule has 22 heavy (non-hydrogen) atoms. The average Bonchev–Trinajstić information content (AvgIpc) is 2.31. The van der Waals surface area contributed by atoms with E-state index in [1.807, 2.05) is 20.8 Å². The summed E-state index contributed by atoms with van der Waals surface area (Å²) in [6.07, 6.45) is -0.493. The van der Waals surface area contributed by atoms with Crippen LogP contribution in [-0.2, 0) is 4.74 Å². The molecular weight excluding hydrogens is 288 g/mol. The Morgan fingerprint density at radius 3 is 2.45 bits per heavy atom. The van der Waals surface area contributed by atoms with Gasteiger partial charge in [-0.1, -0.05) is 0 Å². The summed E-state index contributed by atoms with van der Waals surface area (Å²) in [5, 5.41) is 8.87. The smallest absolute Gasteiger partial charge is 0.410 e. The van der Waals surface area contributed by atoms with Crippen LogP contribution in [0, 0.1) is 6.92 Å². The maximum atomic E-state index is 11.8. The maximum absolute atomic E-state index is 11.8. The van der Waals surface area contributed by atoms with Crippen LogP contribution >= 0.6 is 0 Å². The second-order valence-electron chi connectivity index (χ2n) is 6.21. The summed E-state index contributed by atoms with van der Waals surface area (Å²) in [6.45, 7) is 8.02. The van der Waals surface area contributed by atoms with Gasteiger partial charge < -0.3 is 19.5 Å². The average molecular weight is 308 g/mol. The van der Waals surface area contributed by atoms with Gasteiger partial charge in [-0.05, 0) is 39.8 Å². The second-order valence-corrected chi connectivity index (χ2v) is 6.21. The molecule has 2 rings (SSSR count). The van der Waals surface area contributed by atoms with E-state index in [1.54, 1.807) is 17.9 Å². The minimum atomic E-state index is -1.07. The lowest BCUT2D eigenvalue weighted by Gasteiger charge is -2.39. The van der Waals surface area contributed by atoms with Gasteiger partial charge in [-0.2, -0.15) is 0 Å². The number of aromatic nitrogens is 1. The SMILES string of the molecule is Cc1nc(C(=O)O)ccc1OC1CN(C(=O)OC(C)(C)C)C1. The number of carboxylic acid groups (broad SMARTS) is 1. The van der Waals surface area contributed by atoms with Crippen LogP contribution in [0.4, 0.5) is 4.79 Å². The molecule has 1 fully saturated rings. The number of carboxylic acids is 1. The third-order valence-electron chi connectivity index (χ3n) is 3.05. The molecule has 0 radical (unpaired) electrons. The van der Waals surface area contributed by atoms with Gasteiger partial charge in [-0.15, -0.1) is 0 Å². The van der Waals surface area contributed by atoms with E-state index < -0.39 is 11.6 Å².